The Morgan fingerprint density at radius 1 is 1.03 bits per heavy atom. The van der Waals surface area contributed by atoms with E-state index in [4.69, 9.17) is 11.6 Å². The van der Waals surface area contributed by atoms with Crippen LogP contribution >= 0.6 is 11.6 Å². The van der Waals surface area contributed by atoms with Crippen molar-refractivity contribution in [1.29, 1.82) is 0 Å². The van der Waals surface area contributed by atoms with E-state index in [0.717, 1.165) is 43.7 Å². The number of anilines is 1. The Morgan fingerprint density at radius 2 is 1.82 bits per heavy atom. The molecule has 1 saturated heterocycles. The molecule has 0 radical (unpaired) electrons. The summed E-state index contributed by atoms with van der Waals surface area (Å²) in [6.45, 7) is 3.33. The molecule has 8 heteroatoms. The van der Waals surface area contributed by atoms with E-state index in [1.165, 1.54) is 5.56 Å². The van der Waals surface area contributed by atoms with Crippen molar-refractivity contribution in [2.75, 3.05) is 24.5 Å². The molecule has 1 N–H and O–H groups in total. The molecular weight excluding hydrogens is 450 g/mol. The van der Waals surface area contributed by atoms with E-state index in [2.05, 4.69) is 39.6 Å². The third-order valence-corrected chi connectivity index (χ3v) is 6.73. The number of fused-ring (bicyclic) bond motifs is 1. The van der Waals surface area contributed by atoms with Gasteiger partial charge in [0.2, 0.25) is 11.8 Å². The number of rotatable bonds is 6. The van der Waals surface area contributed by atoms with Gasteiger partial charge in [-0.2, -0.15) is 5.10 Å². The number of carbonyl (C=O) groups is 2. The highest BCUT2D eigenvalue weighted by atomic mass is 35.5. The molecule has 0 atom stereocenters. The molecule has 0 saturated carbocycles. The first kappa shape index (κ1) is 22.6. The first-order valence-corrected chi connectivity index (χ1v) is 12.1. The quantitative estimate of drug-likeness (QED) is 0.587. The molecule has 7 nitrogen and oxygen atoms in total. The normalized spacial score (nSPS) is 17.0. The van der Waals surface area contributed by atoms with Crippen LogP contribution in [-0.2, 0) is 22.7 Å². The van der Waals surface area contributed by atoms with Crippen molar-refractivity contribution >= 4 is 29.2 Å². The van der Waals surface area contributed by atoms with Crippen LogP contribution in [0.15, 0.2) is 60.7 Å². The maximum absolute atomic E-state index is 12.9. The van der Waals surface area contributed by atoms with Crippen LogP contribution in [-0.4, -0.2) is 52.2 Å². The molecule has 0 bridgehead atoms. The van der Waals surface area contributed by atoms with Crippen molar-refractivity contribution in [3.05, 3.63) is 71.2 Å². The topological polar surface area (TPSA) is 70.5 Å². The van der Waals surface area contributed by atoms with E-state index in [9.17, 15) is 9.59 Å². The van der Waals surface area contributed by atoms with Gasteiger partial charge in [0.05, 0.1) is 12.2 Å². The number of aromatic nitrogens is 2. The number of likely N-dealkylation sites (tertiary alicyclic amines) is 1. The number of aryl methyl sites for hydroxylation is 1. The van der Waals surface area contributed by atoms with Crippen molar-refractivity contribution < 1.29 is 9.59 Å². The van der Waals surface area contributed by atoms with E-state index in [1.54, 1.807) is 9.58 Å². The predicted molar refractivity (Wildman–Crippen MR) is 133 cm³/mol. The standard InChI is InChI=1S/C26H28ClN5O2/c27-21-8-4-7-20(15-21)23-16-25-31(26(34)11-14-32(25)29-23)18-24(33)28-22-9-12-30(13-10-22)17-19-5-2-1-3-6-19/h1-8,15-16,22H,9-14,17-18H2,(H,28,33). The van der Waals surface area contributed by atoms with Gasteiger partial charge in [-0.25, -0.2) is 4.68 Å². The molecule has 1 aromatic heterocycles. The van der Waals surface area contributed by atoms with Gasteiger partial charge in [-0.1, -0.05) is 54.1 Å². The molecule has 176 valence electrons. The largest absolute Gasteiger partial charge is 0.352 e. The second-order valence-corrected chi connectivity index (χ2v) is 9.39. The van der Waals surface area contributed by atoms with Gasteiger partial charge in [0, 0.05) is 48.7 Å². The summed E-state index contributed by atoms with van der Waals surface area (Å²) < 4.78 is 1.80. The van der Waals surface area contributed by atoms with Crippen LogP contribution in [0.4, 0.5) is 5.82 Å². The molecular formula is C26H28ClN5O2. The molecule has 0 spiro atoms. The van der Waals surface area contributed by atoms with Crippen LogP contribution in [0.1, 0.15) is 24.8 Å². The van der Waals surface area contributed by atoms with Crippen LogP contribution in [0.2, 0.25) is 5.02 Å². The van der Waals surface area contributed by atoms with Gasteiger partial charge < -0.3 is 5.32 Å². The van der Waals surface area contributed by atoms with Crippen molar-refractivity contribution in [1.82, 2.24) is 20.0 Å². The highest BCUT2D eigenvalue weighted by Crippen LogP contribution is 2.29. The summed E-state index contributed by atoms with van der Waals surface area (Å²) in [6, 6.07) is 19.9. The van der Waals surface area contributed by atoms with E-state index >= 15 is 0 Å². The summed E-state index contributed by atoms with van der Waals surface area (Å²) in [4.78, 5) is 29.5. The third kappa shape index (κ3) is 5.16. The Kier molecular flexibility index (Phi) is 6.65. The number of hydrogen-bond donors (Lipinski definition) is 1. The Bertz CT molecular complexity index is 1170. The second-order valence-electron chi connectivity index (χ2n) is 8.95. The lowest BCUT2D eigenvalue weighted by Crippen LogP contribution is -2.49. The molecule has 0 aliphatic carbocycles. The first-order chi connectivity index (χ1) is 16.5. The van der Waals surface area contributed by atoms with Crippen LogP contribution in [0.25, 0.3) is 11.3 Å². The molecule has 2 amide bonds. The highest BCUT2D eigenvalue weighted by molar-refractivity contribution is 6.30. The van der Waals surface area contributed by atoms with Gasteiger partial charge in [0.1, 0.15) is 12.4 Å². The van der Waals surface area contributed by atoms with Gasteiger partial charge in [0.25, 0.3) is 0 Å². The van der Waals surface area contributed by atoms with Crippen molar-refractivity contribution in [3.8, 4) is 11.3 Å². The van der Waals surface area contributed by atoms with Crippen LogP contribution in [0, 0.1) is 0 Å². The number of halogens is 1. The summed E-state index contributed by atoms with van der Waals surface area (Å²) in [5.41, 5.74) is 2.93. The van der Waals surface area contributed by atoms with Gasteiger partial charge in [-0.15, -0.1) is 0 Å². The number of hydrogen-bond acceptors (Lipinski definition) is 4. The van der Waals surface area contributed by atoms with Gasteiger partial charge >= 0.3 is 0 Å². The van der Waals surface area contributed by atoms with Gasteiger partial charge in [0.15, 0.2) is 0 Å². The van der Waals surface area contributed by atoms with E-state index in [1.807, 2.05) is 36.4 Å². The SMILES string of the molecule is O=C(CN1C(=O)CCn2nc(-c3cccc(Cl)c3)cc21)NC1CCN(Cc2ccccc2)CC1. The molecule has 0 unspecified atom stereocenters. The first-order valence-electron chi connectivity index (χ1n) is 11.7. The summed E-state index contributed by atoms with van der Waals surface area (Å²) in [5.74, 6) is 0.464. The third-order valence-electron chi connectivity index (χ3n) is 6.50. The number of benzene rings is 2. The Labute approximate surface area is 204 Å². The zero-order chi connectivity index (χ0) is 23.5. The Hall–Kier alpha value is -3.16. The van der Waals surface area contributed by atoms with E-state index < -0.39 is 0 Å². The Morgan fingerprint density at radius 3 is 2.59 bits per heavy atom. The number of amides is 2. The van der Waals surface area contributed by atoms with E-state index in [0.29, 0.717) is 23.8 Å². The van der Waals surface area contributed by atoms with E-state index in [-0.39, 0.29) is 24.4 Å². The van der Waals surface area contributed by atoms with Crippen LogP contribution < -0.4 is 10.2 Å². The fourth-order valence-corrected chi connectivity index (χ4v) is 4.90. The van der Waals surface area contributed by atoms with Crippen LogP contribution in [0.3, 0.4) is 0 Å². The number of carbonyl (C=O) groups excluding carboxylic acids is 2. The molecule has 34 heavy (non-hydrogen) atoms. The molecule has 2 aliphatic rings. The highest BCUT2D eigenvalue weighted by Gasteiger charge is 2.29. The summed E-state index contributed by atoms with van der Waals surface area (Å²) in [6.07, 6.45) is 2.14. The van der Waals surface area contributed by atoms with Gasteiger partial charge in [-0.05, 0) is 30.5 Å². The fraction of sp³-hybridized carbons (Fsp3) is 0.346. The predicted octanol–water partition coefficient (Wildman–Crippen LogP) is 3.72. The molecule has 2 aromatic carbocycles. The van der Waals surface area contributed by atoms with Crippen molar-refractivity contribution in [3.63, 3.8) is 0 Å². The average Bonchev–Trinajstić information content (AvgIpc) is 3.28. The van der Waals surface area contributed by atoms with Gasteiger partial charge in [-0.3, -0.25) is 19.4 Å². The number of piperidine rings is 1. The lowest BCUT2D eigenvalue weighted by atomic mass is 10.0. The van der Waals surface area contributed by atoms with Crippen LogP contribution in [0.5, 0.6) is 0 Å². The maximum Gasteiger partial charge on any atom is 0.240 e. The maximum atomic E-state index is 12.9. The minimum atomic E-state index is -0.131. The van der Waals surface area contributed by atoms with Crippen molar-refractivity contribution in [2.24, 2.45) is 0 Å². The zero-order valence-corrected chi connectivity index (χ0v) is 19.7. The fourth-order valence-electron chi connectivity index (χ4n) is 4.71. The molecule has 1 fully saturated rings. The molecule has 3 heterocycles. The summed E-state index contributed by atoms with van der Waals surface area (Å²) >= 11 is 6.13. The lowest BCUT2D eigenvalue weighted by Gasteiger charge is -2.33. The second kappa shape index (κ2) is 9.99. The molecule has 3 aromatic rings. The molecule has 2 aliphatic heterocycles. The number of nitrogens with one attached hydrogen (secondary N) is 1. The minimum absolute atomic E-state index is 0.00371. The Balaban J connectivity index is 1.19. The lowest BCUT2D eigenvalue weighted by molar-refractivity contribution is -0.125. The monoisotopic (exact) mass is 477 g/mol. The van der Waals surface area contributed by atoms with Crippen molar-refractivity contribution in [2.45, 2.75) is 38.4 Å². The summed E-state index contributed by atoms with van der Waals surface area (Å²) in [5, 5.41) is 8.41. The molecule has 5 rings (SSSR count). The number of nitrogens with zero attached hydrogens (tertiary/aromatic N) is 4. The average molecular weight is 478 g/mol. The minimum Gasteiger partial charge on any atom is -0.352 e. The summed E-state index contributed by atoms with van der Waals surface area (Å²) in [7, 11) is 0. The smallest absolute Gasteiger partial charge is 0.240 e. The zero-order valence-electron chi connectivity index (χ0n) is 19.0.